The minimum absolute atomic E-state index is 0.239. The Kier molecular flexibility index (Phi) is 4.19. The minimum Gasteiger partial charge on any atom is -0.338 e. The highest BCUT2D eigenvalue weighted by Crippen LogP contribution is 2.24. The van der Waals surface area contributed by atoms with Gasteiger partial charge < -0.3 is 10.3 Å². The fourth-order valence-electron chi connectivity index (χ4n) is 2.84. The molecular formula is C21H16ClN3O. The summed E-state index contributed by atoms with van der Waals surface area (Å²) in [4.78, 5) is 20.4. The molecule has 0 spiro atoms. The number of aromatic nitrogens is 2. The van der Waals surface area contributed by atoms with Crippen molar-refractivity contribution in [3.05, 3.63) is 82.9 Å². The maximum absolute atomic E-state index is 12.5. The number of nitrogens with one attached hydrogen (secondary N) is 2. The first-order valence-corrected chi connectivity index (χ1v) is 8.61. The van der Waals surface area contributed by atoms with E-state index in [2.05, 4.69) is 15.3 Å². The van der Waals surface area contributed by atoms with Gasteiger partial charge in [0.05, 0.1) is 21.6 Å². The van der Waals surface area contributed by atoms with E-state index in [9.17, 15) is 4.79 Å². The average molecular weight is 362 g/mol. The second-order valence-corrected chi connectivity index (χ2v) is 6.53. The van der Waals surface area contributed by atoms with E-state index >= 15 is 0 Å². The molecule has 5 heteroatoms. The summed E-state index contributed by atoms with van der Waals surface area (Å²) in [5.74, 6) is 0.521. The second kappa shape index (κ2) is 6.65. The third-order valence-electron chi connectivity index (χ3n) is 4.15. The Labute approximate surface area is 155 Å². The molecule has 0 unspecified atom stereocenters. The van der Waals surface area contributed by atoms with Gasteiger partial charge in [0.1, 0.15) is 5.82 Å². The number of benzene rings is 3. The Morgan fingerprint density at radius 2 is 1.88 bits per heavy atom. The summed E-state index contributed by atoms with van der Waals surface area (Å²) in [5.41, 5.74) is 4.93. The van der Waals surface area contributed by atoms with E-state index in [1.54, 1.807) is 12.1 Å². The van der Waals surface area contributed by atoms with E-state index in [0.717, 1.165) is 28.0 Å². The molecule has 0 aliphatic heterocycles. The summed E-state index contributed by atoms with van der Waals surface area (Å²) in [6.45, 7) is 1.93. The molecule has 0 saturated carbocycles. The molecule has 0 atom stereocenters. The van der Waals surface area contributed by atoms with Gasteiger partial charge in [-0.15, -0.1) is 0 Å². The van der Waals surface area contributed by atoms with Gasteiger partial charge in [-0.05, 0) is 48.9 Å². The summed E-state index contributed by atoms with van der Waals surface area (Å²) in [5, 5.41) is 3.34. The van der Waals surface area contributed by atoms with Crippen LogP contribution in [0.15, 0.2) is 66.7 Å². The standard InChI is InChI=1S/C21H16ClN3O/c1-13-9-10-16(17(22)11-13)21(26)23-15-6-4-5-14(12-15)20-24-18-7-2-3-8-19(18)25-20/h2-12H,1H3,(H,23,26)(H,24,25). The van der Waals surface area contributed by atoms with Gasteiger partial charge in [0.25, 0.3) is 5.91 Å². The van der Waals surface area contributed by atoms with Crippen molar-refractivity contribution in [3.8, 4) is 11.4 Å². The molecule has 0 aliphatic carbocycles. The summed E-state index contributed by atoms with van der Waals surface area (Å²) >= 11 is 6.19. The van der Waals surface area contributed by atoms with Gasteiger partial charge in [0.2, 0.25) is 0 Å². The van der Waals surface area contributed by atoms with Crippen molar-refractivity contribution in [2.75, 3.05) is 5.32 Å². The third kappa shape index (κ3) is 3.19. The number of anilines is 1. The van der Waals surface area contributed by atoms with Gasteiger partial charge in [0.15, 0.2) is 0 Å². The van der Waals surface area contributed by atoms with Crippen LogP contribution in [-0.4, -0.2) is 15.9 Å². The summed E-state index contributed by atoms with van der Waals surface area (Å²) in [6.07, 6.45) is 0. The van der Waals surface area contributed by atoms with Gasteiger partial charge in [0, 0.05) is 11.3 Å². The number of para-hydroxylation sites is 2. The summed E-state index contributed by atoms with van der Waals surface area (Å²) < 4.78 is 0. The van der Waals surface area contributed by atoms with Gasteiger partial charge in [-0.25, -0.2) is 4.98 Å². The van der Waals surface area contributed by atoms with E-state index in [4.69, 9.17) is 11.6 Å². The van der Waals surface area contributed by atoms with E-state index in [-0.39, 0.29) is 5.91 Å². The maximum Gasteiger partial charge on any atom is 0.257 e. The Morgan fingerprint density at radius 1 is 1.04 bits per heavy atom. The van der Waals surface area contributed by atoms with Crippen molar-refractivity contribution >= 4 is 34.2 Å². The van der Waals surface area contributed by atoms with E-state index in [1.807, 2.05) is 61.5 Å². The quantitative estimate of drug-likeness (QED) is 0.510. The Bertz CT molecular complexity index is 1080. The number of hydrogen-bond acceptors (Lipinski definition) is 2. The highest BCUT2D eigenvalue weighted by Gasteiger charge is 2.12. The molecule has 26 heavy (non-hydrogen) atoms. The molecule has 4 rings (SSSR count). The molecule has 2 N–H and O–H groups in total. The lowest BCUT2D eigenvalue weighted by molar-refractivity contribution is 0.102. The van der Waals surface area contributed by atoms with Crippen LogP contribution in [0.2, 0.25) is 5.02 Å². The molecule has 0 bridgehead atoms. The lowest BCUT2D eigenvalue weighted by atomic mass is 10.1. The van der Waals surface area contributed by atoms with Crippen LogP contribution in [0.25, 0.3) is 22.4 Å². The summed E-state index contributed by atoms with van der Waals surface area (Å²) in [7, 11) is 0. The van der Waals surface area contributed by atoms with Gasteiger partial charge in [-0.1, -0.05) is 41.9 Å². The molecule has 4 aromatic rings. The molecule has 1 amide bonds. The molecule has 1 aromatic heterocycles. The SMILES string of the molecule is Cc1ccc(C(=O)Nc2cccc(-c3nc4ccccc4[nH]3)c2)c(Cl)c1. The Morgan fingerprint density at radius 3 is 2.69 bits per heavy atom. The number of hydrogen-bond donors (Lipinski definition) is 2. The molecule has 128 valence electrons. The van der Waals surface area contributed by atoms with Crippen LogP contribution in [-0.2, 0) is 0 Å². The van der Waals surface area contributed by atoms with Crippen molar-refractivity contribution in [1.29, 1.82) is 0 Å². The zero-order chi connectivity index (χ0) is 18.1. The lowest BCUT2D eigenvalue weighted by Gasteiger charge is -2.08. The number of carbonyl (C=O) groups excluding carboxylic acids is 1. The van der Waals surface area contributed by atoms with Crippen molar-refractivity contribution in [3.63, 3.8) is 0 Å². The fraction of sp³-hybridized carbons (Fsp3) is 0.0476. The number of nitrogens with zero attached hydrogens (tertiary/aromatic N) is 1. The van der Waals surface area contributed by atoms with Crippen molar-refractivity contribution < 1.29 is 4.79 Å². The number of rotatable bonds is 3. The van der Waals surface area contributed by atoms with E-state index in [1.165, 1.54) is 0 Å². The van der Waals surface area contributed by atoms with Crippen LogP contribution in [0, 0.1) is 6.92 Å². The van der Waals surface area contributed by atoms with Crippen molar-refractivity contribution in [1.82, 2.24) is 9.97 Å². The van der Waals surface area contributed by atoms with Crippen molar-refractivity contribution in [2.45, 2.75) is 6.92 Å². The monoisotopic (exact) mass is 361 g/mol. The highest BCUT2D eigenvalue weighted by molar-refractivity contribution is 6.34. The van der Waals surface area contributed by atoms with E-state index in [0.29, 0.717) is 16.3 Å². The number of H-pyrrole nitrogens is 1. The van der Waals surface area contributed by atoms with Gasteiger partial charge >= 0.3 is 0 Å². The van der Waals surface area contributed by atoms with Crippen LogP contribution in [0.3, 0.4) is 0 Å². The fourth-order valence-corrected chi connectivity index (χ4v) is 3.16. The average Bonchev–Trinajstić information content (AvgIpc) is 3.06. The van der Waals surface area contributed by atoms with E-state index < -0.39 is 0 Å². The Balaban J connectivity index is 1.62. The topological polar surface area (TPSA) is 57.8 Å². The van der Waals surface area contributed by atoms with Crippen LogP contribution in [0.5, 0.6) is 0 Å². The predicted octanol–water partition coefficient (Wildman–Crippen LogP) is 5.44. The molecule has 4 nitrogen and oxygen atoms in total. The summed E-state index contributed by atoms with van der Waals surface area (Å²) in [6, 6.07) is 20.8. The number of aryl methyl sites for hydroxylation is 1. The zero-order valence-electron chi connectivity index (χ0n) is 14.1. The van der Waals surface area contributed by atoms with Gasteiger partial charge in [-0.3, -0.25) is 4.79 Å². The van der Waals surface area contributed by atoms with Gasteiger partial charge in [-0.2, -0.15) is 0 Å². The highest BCUT2D eigenvalue weighted by atomic mass is 35.5. The smallest absolute Gasteiger partial charge is 0.257 e. The number of amides is 1. The first kappa shape index (κ1) is 16.4. The first-order chi connectivity index (χ1) is 12.6. The second-order valence-electron chi connectivity index (χ2n) is 6.12. The number of imidazole rings is 1. The number of fused-ring (bicyclic) bond motifs is 1. The molecule has 0 aliphatic rings. The van der Waals surface area contributed by atoms with Crippen LogP contribution < -0.4 is 5.32 Å². The molecule has 0 radical (unpaired) electrons. The Hall–Kier alpha value is -3.11. The normalized spacial score (nSPS) is 10.8. The number of carbonyl (C=O) groups is 1. The molecule has 0 fully saturated rings. The van der Waals surface area contributed by atoms with Crippen LogP contribution in [0.1, 0.15) is 15.9 Å². The third-order valence-corrected chi connectivity index (χ3v) is 4.47. The first-order valence-electron chi connectivity index (χ1n) is 8.23. The van der Waals surface area contributed by atoms with Crippen LogP contribution in [0.4, 0.5) is 5.69 Å². The minimum atomic E-state index is -0.239. The number of aromatic amines is 1. The molecule has 3 aromatic carbocycles. The maximum atomic E-state index is 12.5. The van der Waals surface area contributed by atoms with Crippen molar-refractivity contribution in [2.24, 2.45) is 0 Å². The largest absolute Gasteiger partial charge is 0.338 e. The molecule has 0 saturated heterocycles. The van der Waals surface area contributed by atoms with Crippen LogP contribution >= 0.6 is 11.6 Å². The predicted molar refractivity (Wildman–Crippen MR) is 106 cm³/mol. The molecular weight excluding hydrogens is 346 g/mol. The number of halogens is 1. The zero-order valence-corrected chi connectivity index (χ0v) is 14.8. The lowest BCUT2D eigenvalue weighted by Crippen LogP contribution is -2.12. The molecule has 1 heterocycles.